The van der Waals surface area contributed by atoms with Crippen molar-refractivity contribution in [3.63, 3.8) is 0 Å². The van der Waals surface area contributed by atoms with E-state index >= 15 is 0 Å². The van der Waals surface area contributed by atoms with Crippen molar-refractivity contribution in [3.05, 3.63) is 64.7 Å². The first-order valence-electron chi connectivity index (χ1n) is 7.00. The smallest absolute Gasteiger partial charge is 0.124 e. The van der Waals surface area contributed by atoms with E-state index in [2.05, 4.69) is 17.4 Å². The van der Waals surface area contributed by atoms with Gasteiger partial charge in [-0.05, 0) is 36.6 Å². The van der Waals surface area contributed by atoms with Crippen LogP contribution in [0, 0.1) is 0 Å². The number of rotatable bonds is 6. The Hall–Kier alpha value is -1.22. The maximum Gasteiger partial charge on any atom is 0.124 e. The molecule has 0 amide bonds. The minimum atomic E-state index is 0. The number of ether oxygens (including phenoxy) is 1. The molecule has 21 heavy (non-hydrogen) atoms. The second kappa shape index (κ2) is 7.69. The first kappa shape index (κ1) is 16.2. The van der Waals surface area contributed by atoms with E-state index < -0.39 is 0 Å². The lowest BCUT2D eigenvalue weighted by atomic mass is 10.2. The van der Waals surface area contributed by atoms with Crippen LogP contribution in [0.4, 0.5) is 0 Å². The van der Waals surface area contributed by atoms with Gasteiger partial charge in [-0.1, -0.05) is 41.9 Å². The summed E-state index contributed by atoms with van der Waals surface area (Å²) in [5, 5.41) is 4.25. The standard InChI is InChI=1S/C17H18ClNO.ClH/c18-15-6-9-17(14(10-15)11-19-16-7-8-16)20-12-13-4-2-1-3-5-13;/h1-6,9-10,16,19H,7-8,11-12H2;1H/p-1. The first-order valence-corrected chi connectivity index (χ1v) is 7.37. The molecule has 1 saturated carbocycles. The summed E-state index contributed by atoms with van der Waals surface area (Å²) in [4.78, 5) is 0. The Balaban J connectivity index is 0.00000161. The van der Waals surface area contributed by atoms with Crippen LogP contribution < -0.4 is 22.5 Å². The second-order valence-electron chi connectivity index (χ2n) is 5.18. The summed E-state index contributed by atoms with van der Waals surface area (Å²) in [6.45, 7) is 1.40. The van der Waals surface area contributed by atoms with Gasteiger partial charge in [-0.15, -0.1) is 0 Å². The molecule has 4 heteroatoms. The molecule has 0 heterocycles. The molecular formula is C17H18Cl2NO-. The van der Waals surface area contributed by atoms with Crippen molar-refractivity contribution in [2.45, 2.75) is 32.0 Å². The van der Waals surface area contributed by atoms with Crippen LogP contribution in [-0.4, -0.2) is 6.04 Å². The van der Waals surface area contributed by atoms with Gasteiger partial charge in [0.15, 0.2) is 0 Å². The van der Waals surface area contributed by atoms with Crippen LogP contribution >= 0.6 is 11.6 Å². The second-order valence-corrected chi connectivity index (χ2v) is 5.62. The van der Waals surface area contributed by atoms with E-state index in [4.69, 9.17) is 16.3 Å². The molecule has 2 aromatic rings. The fourth-order valence-electron chi connectivity index (χ4n) is 2.10. The van der Waals surface area contributed by atoms with E-state index in [1.807, 2.05) is 36.4 Å². The molecule has 0 bridgehead atoms. The van der Waals surface area contributed by atoms with Crippen molar-refractivity contribution in [1.82, 2.24) is 5.32 Å². The Morgan fingerprint density at radius 3 is 2.57 bits per heavy atom. The maximum absolute atomic E-state index is 6.08. The van der Waals surface area contributed by atoms with Crippen LogP contribution in [0.15, 0.2) is 48.5 Å². The predicted molar refractivity (Wildman–Crippen MR) is 82.1 cm³/mol. The largest absolute Gasteiger partial charge is 1.00 e. The number of nitrogens with one attached hydrogen (secondary N) is 1. The number of benzene rings is 2. The van der Waals surface area contributed by atoms with Gasteiger partial charge in [0.25, 0.3) is 0 Å². The van der Waals surface area contributed by atoms with E-state index in [0.29, 0.717) is 12.6 Å². The zero-order valence-corrected chi connectivity index (χ0v) is 13.2. The highest BCUT2D eigenvalue weighted by atomic mass is 35.5. The highest BCUT2D eigenvalue weighted by Crippen LogP contribution is 2.26. The average molecular weight is 323 g/mol. The Kier molecular flexibility index (Phi) is 5.92. The van der Waals surface area contributed by atoms with Gasteiger partial charge < -0.3 is 22.5 Å². The van der Waals surface area contributed by atoms with Crippen molar-refractivity contribution in [2.75, 3.05) is 0 Å². The molecule has 3 rings (SSSR count). The fourth-order valence-corrected chi connectivity index (χ4v) is 2.30. The third kappa shape index (κ3) is 4.92. The third-order valence-electron chi connectivity index (χ3n) is 3.42. The summed E-state index contributed by atoms with van der Waals surface area (Å²) in [7, 11) is 0. The molecule has 0 unspecified atom stereocenters. The molecule has 0 spiro atoms. The van der Waals surface area contributed by atoms with Gasteiger partial charge in [0, 0.05) is 23.2 Å². The Morgan fingerprint density at radius 1 is 1.10 bits per heavy atom. The number of halogens is 2. The Bertz CT molecular complexity index is 570. The minimum Gasteiger partial charge on any atom is -1.00 e. The lowest BCUT2D eigenvalue weighted by molar-refractivity contribution is -0.00000432. The average Bonchev–Trinajstić information content (AvgIpc) is 3.29. The van der Waals surface area contributed by atoms with Crippen LogP contribution in [0.1, 0.15) is 24.0 Å². The number of hydrogen-bond acceptors (Lipinski definition) is 2. The molecule has 112 valence electrons. The zero-order valence-electron chi connectivity index (χ0n) is 11.7. The van der Waals surface area contributed by atoms with E-state index in [1.165, 1.54) is 18.4 Å². The molecule has 1 aliphatic rings. The van der Waals surface area contributed by atoms with Crippen LogP contribution in [0.5, 0.6) is 5.75 Å². The minimum absolute atomic E-state index is 0. The summed E-state index contributed by atoms with van der Waals surface area (Å²) < 4.78 is 5.93. The van der Waals surface area contributed by atoms with E-state index in [0.717, 1.165) is 22.9 Å². The third-order valence-corrected chi connectivity index (χ3v) is 3.65. The lowest BCUT2D eigenvalue weighted by Gasteiger charge is -2.12. The maximum atomic E-state index is 6.08. The van der Waals surface area contributed by atoms with Gasteiger partial charge in [0.2, 0.25) is 0 Å². The van der Waals surface area contributed by atoms with Crippen molar-refractivity contribution >= 4 is 11.6 Å². The van der Waals surface area contributed by atoms with Crippen LogP contribution in [0.2, 0.25) is 5.02 Å². The van der Waals surface area contributed by atoms with E-state index in [-0.39, 0.29) is 12.4 Å². The van der Waals surface area contributed by atoms with Gasteiger partial charge in [0.05, 0.1) is 0 Å². The monoisotopic (exact) mass is 322 g/mol. The molecule has 0 aromatic heterocycles. The lowest BCUT2D eigenvalue weighted by Crippen LogP contribution is -3.00. The molecule has 1 N–H and O–H groups in total. The topological polar surface area (TPSA) is 21.3 Å². The van der Waals surface area contributed by atoms with E-state index in [9.17, 15) is 0 Å². The molecule has 2 nitrogen and oxygen atoms in total. The highest BCUT2D eigenvalue weighted by Gasteiger charge is 2.20. The first-order chi connectivity index (χ1) is 9.81. The summed E-state index contributed by atoms with van der Waals surface area (Å²) in [6, 6.07) is 16.7. The van der Waals surface area contributed by atoms with Gasteiger partial charge in [-0.3, -0.25) is 0 Å². The molecule has 0 aliphatic heterocycles. The Morgan fingerprint density at radius 2 is 1.86 bits per heavy atom. The van der Waals surface area contributed by atoms with Crippen LogP contribution in [0.3, 0.4) is 0 Å². The quantitative estimate of drug-likeness (QED) is 0.862. The van der Waals surface area contributed by atoms with E-state index in [1.54, 1.807) is 0 Å². The number of hydrogen-bond donors (Lipinski definition) is 1. The molecule has 2 aromatic carbocycles. The molecule has 0 atom stereocenters. The van der Waals surface area contributed by atoms with Crippen molar-refractivity contribution in [3.8, 4) is 5.75 Å². The summed E-state index contributed by atoms with van der Waals surface area (Å²) >= 11 is 6.08. The summed E-state index contributed by atoms with van der Waals surface area (Å²) in [5.74, 6) is 0.909. The zero-order chi connectivity index (χ0) is 13.8. The summed E-state index contributed by atoms with van der Waals surface area (Å²) in [6.07, 6.45) is 2.56. The molecular weight excluding hydrogens is 305 g/mol. The highest BCUT2D eigenvalue weighted by molar-refractivity contribution is 6.30. The SMILES string of the molecule is Clc1ccc(OCc2ccccc2)c(CNC2CC2)c1.[Cl-]. The van der Waals surface area contributed by atoms with Crippen molar-refractivity contribution in [1.29, 1.82) is 0 Å². The van der Waals surface area contributed by atoms with Gasteiger partial charge in [0.1, 0.15) is 12.4 Å². The van der Waals surface area contributed by atoms with Gasteiger partial charge in [-0.25, -0.2) is 0 Å². The fraction of sp³-hybridized carbons (Fsp3) is 0.294. The predicted octanol–water partition coefficient (Wildman–Crippen LogP) is 1.17. The molecule has 0 radical (unpaired) electrons. The normalized spacial score (nSPS) is 13.6. The van der Waals surface area contributed by atoms with Gasteiger partial charge in [-0.2, -0.15) is 0 Å². The van der Waals surface area contributed by atoms with Gasteiger partial charge >= 0.3 is 0 Å². The summed E-state index contributed by atoms with van der Waals surface area (Å²) in [5.41, 5.74) is 2.30. The van der Waals surface area contributed by atoms with Crippen molar-refractivity contribution < 1.29 is 17.1 Å². The molecule has 0 saturated heterocycles. The van der Waals surface area contributed by atoms with Crippen LogP contribution in [-0.2, 0) is 13.2 Å². The Labute approximate surface area is 136 Å². The molecule has 1 fully saturated rings. The van der Waals surface area contributed by atoms with Crippen LogP contribution in [0.25, 0.3) is 0 Å². The molecule has 1 aliphatic carbocycles. The van der Waals surface area contributed by atoms with Crippen molar-refractivity contribution in [2.24, 2.45) is 0 Å².